The van der Waals surface area contributed by atoms with Crippen LogP contribution in [-0.4, -0.2) is 92.9 Å². The van der Waals surface area contributed by atoms with Crippen molar-refractivity contribution in [2.24, 2.45) is 5.92 Å². The number of thioether (sulfide) groups is 1. The van der Waals surface area contributed by atoms with Gasteiger partial charge in [-0.05, 0) is 64.7 Å². The molecule has 0 aromatic carbocycles. The van der Waals surface area contributed by atoms with Crippen molar-refractivity contribution in [2.45, 2.75) is 99.8 Å². The van der Waals surface area contributed by atoms with Gasteiger partial charge in [-0.1, -0.05) is 0 Å². The SMILES string of the molecule is CS[C@H]1O[C@H](C(NC(=O)[C@@H]2CC[C@H](CCCF)CCN2Cc2oc(=O)oc2C)[C@H](C)Cl)[C@H](O)[C@H](O)[C@H]1O. The number of likely N-dealkylation sites (tertiary alicyclic amines) is 1. The van der Waals surface area contributed by atoms with Gasteiger partial charge in [-0.15, -0.1) is 23.4 Å². The van der Waals surface area contributed by atoms with E-state index in [1.807, 2.05) is 4.90 Å². The van der Waals surface area contributed by atoms with E-state index in [-0.39, 0.29) is 25.0 Å². The molecular formula is C24H38ClFN2O8S. The molecule has 37 heavy (non-hydrogen) atoms. The molecule has 4 N–H and O–H groups in total. The summed E-state index contributed by atoms with van der Waals surface area (Å²) in [4.78, 5) is 27.2. The topological polar surface area (TPSA) is 146 Å². The number of carbonyl (C=O) groups is 1. The van der Waals surface area contributed by atoms with Crippen molar-refractivity contribution in [1.82, 2.24) is 10.2 Å². The van der Waals surface area contributed by atoms with Gasteiger partial charge >= 0.3 is 5.82 Å². The molecule has 13 heteroatoms. The van der Waals surface area contributed by atoms with Crippen molar-refractivity contribution in [3.63, 3.8) is 0 Å². The van der Waals surface area contributed by atoms with E-state index in [0.717, 1.165) is 12.8 Å². The van der Waals surface area contributed by atoms with Crippen LogP contribution in [0.25, 0.3) is 0 Å². The first kappa shape index (κ1) is 30.4. The molecule has 2 saturated heterocycles. The molecule has 9 atom stereocenters. The first-order valence-corrected chi connectivity index (χ1v) is 14.4. The Kier molecular flexibility index (Phi) is 11.3. The van der Waals surface area contributed by atoms with Crippen LogP contribution in [-0.2, 0) is 16.1 Å². The number of aliphatic hydroxyl groups excluding tert-OH is 3. The van der Waals surface area contributed by atoms with Crippen LogP contribution in [0.2, 0.25) is 0 Å². The maximum Gasteiger partial charge on any atom is 0.519 e. The Bertz CT molecular complexity index is 931. The molecule has 0 aliphatic carbocycles. The van der Waals surface area contributed by atoms with Crippen LogP contribution >= 0.6 is 23.4 Å². The van der Waals surface area contributed by atoms with Gasteiger partial charge in [0.05, 0.1) is 30.7 Å². The molecule has 0 saturated carbocycles. The molecule has 2 fully saturated rings. The third-order valence-corrected chi connectivity index (χ3v) is 8.47. The van der Waals surface area contributed by atoms with Crippen molar-refractivity contribution in [2.75, 3.05) is 19.5 Å². The normalized spacial score (nSPS) is 33.0. The quantitative estimate of drug-likeness (QED) is 0.307. The maximum atomic E-state index is 13.7. The number of hydrogen-bond donors (Lipinski definition) is 4. The largest absolute Gasteiger partial charge is 0.519 e. The lowest BCUT2D eigenvalue weighted by atomic mass is 9.92. The Morgan fingerprint density at radius 1 is 1.22 bits per heavy atom. The molecule has 1 aromatic heterocycles. The molecule has 2 aliphatic rings. The summed E-state index contributed by atoms with van der Waals surface area (Å²) in [5, 5.41) is 33.5. The summed E-state index contributed by atoms with van der Waals surface area (Å²) < 4.78 is 28.8. The number of carbonyl (C=O) groups excluding carboxylic acids is 1. The number of alkyl halides is 2. The minimum atomic E-state index is -1.47. The Labute approximate surface area is 224 Å². The number of halogens is 2. The van der Waals surface area contributed by atoms with Crippen LogP contribution in [0.3, 0.4) is 0 Å². The smallest absolute Gasteiger partial charge is 0.396 e. The van der Waals surface area contributed by atoms with Crippen LogP contribution in [0, 0.1) is 12.8 Å². The molecule has 0 spiro atoms. The third kappa shape index (κ3) is 7.49. The van der Waals surface area contributed by atoms with E-state index < -0.39 is 53.1 Å². The van der Waals surface area contributed by atoms with E-state index in [0.29, 0.717) is 37.3 Å². The molecular weight excluding hydrogens is 531 g/mol. The molecule has 1 aromatic rings. The first-order valence-electron chi connectivity index (χ1n) is 12.6. The highest BCUT2D eigenvalue weighted by atomic mass is 35.5. The van der Waals surface area contributed by atoms with Gasteiger partial charge in [-0.2, -0.15) is 0 Å². The molecule has 1 unspecified atom stereocenters. The zero-order chi connectivity index (χ0) is 27.3. The van der Waals surface area contributed by atoms with E-state index in [4.69, 9.17) is 25.2 Å². The summed E-state index contributed by atoms with van der Waals surface area (Å²) in [6.07, 6.45) is -0.458. The molecule has 0 bridgehead atoms. The van der Waals surface area contributed by atoms with E-state index in [1.165, 1.54) is 11.8 Å². The van der Waals surface area contributed by atoms with Crippen LogP contribution in [0.5, 0.6) is 0 Å². The summed E-state index contributed by atoms with van der Waals surface area (Å²) in [7, 11) is 0. The Balaban J connectivity index is 1.81. The predicted molar refractivity (Wildman–Crippen MR) is 136 cm³/mol. The van der Waals surface area contributed by atoms with Gasteiger partial charge in [0, 0.05) is 0 Å². The molecule has 212 valence electrons. The molecule has 10 nitrogen and oxygen atoms in total. The summed E-state index contributed by atoms with van der Waals surface area (Å²) in [5.41, 5.74) is -0.809. The number of nitrogens with zero attached hydrogens (tertiary/aromatic N) is 1. The summed E-state index contributed by atoms with van der Waals surface area (Å²) in [6.45, 7) is 3.57. The summed E-state index contributed by atoms with van der Waals surface area (Å²) >= 11 is 7.61. The number of aliphatic hydroxyl groups is 3. The van der Waals surface area contributed by atoms with E-state index >= 15 is 0 Å². The standard InChI is InChI=1S/C24H38ClFN2O8S/c1-12(25)17(21-19(30)18(29)20(31)23(36-21)37-3)27-22(32)15-7-6-14(5-4-9-26)8-10-28(15)11-16-13(2)34-24(33)35-16/h12,14-15,17-21,23,29-31H,4-11H2,1-3H3,(H,27,32)/t12-,14-,15-,17?,18-,19+,20+,21+,23+/m0/s1. The van der Waals surface area contributed by atoms with Gasteiger partial charge in [0.1, 0.15) is 35.6 Å². The number of aryl methyl sites for hydroxylation is 1. The fourth-order valence-electron chi connectivity index (χ4n) is 5.15. The highest BCUT2D eigenvalue weighted by molar-refractivity contribution is 7.99. The number of rotatable bonds is 10. The second-order valence-corrected chi connectivity index (χ2v) is 11.5. The zero-order valence-corrected chi connectivity index (χ0v) is 22.9. The van der Waals surface area contributed by atoms with Crippen molar-refractivity contribution < 1.29 is 38.1 Å². The van der Waals surface area contributed by atoms with Crippen LogP contribution < -0.4 is 11.1 Å². The molecule has 0 radical (unpaired) electrons. The van der Waals surface area contributed by atoms with Gasteiger partial charge in [0.2, 0.25) is 5.91 Å². The lowest BCUT2D eigenvalue weighted by Gasteiger charge is -2.44. The van der Waals surface area contributed by atoms with Gasteiger partial charge in [-0.3, -0.25) is 14.1 Å². The number of amides is 1. The van der Waals surface area contributed by atoms with Crippen LogP contribution in [0.4, 0.5) is 4.39 Å². The number of ether oxygens (including phenoxy) is 1. The van der Waals surface area contributed by atoms with Gasteiger partial charge < -0.3 is 34.2 Å². The van der Waals surface area contributed by atoms with Crippen molar-refractivity contribution in [3.8, 4) is 0 Å². The molecule has 1 amide bonds. The zero-order valence-electron chi connectivity index (χ0n) is 21.3. The Morgan fingerprint density at radius 3 is 2.54 bits per heavy atom. The maximum absolute atomic E-state index is 13.7. The Morgan fingerprint density at radius 2 is 1.95 bits per heavy atom. The Hall–Kier alpha value is -1.15. The number of hydrogen-bond acceptors (Lipinski definition) is 10. The van der Waals surface area contributed by atoms with E-state index in [9.17, 15) is 29.3 Å². The highest BCUT2D eigenvalue weighted by Gasteiger charge is 2.48. The van der Waals surface area contributed by atoms with Crippen molar-refractivity contribution in [1.29, 1.82) is 0 Å². The fourth-order valence-corrected chi connectivity index (χ4v) is 6.04. The lowest BCUT2D eigenvalue weighted by Crippen LogP contribution is -2.65. The fraction of sp³-hybridized carbons (Fsp3) is 0.833. The van der Waals surface area contributed by atoms with Gasteiger partial charge in [0.25, 0.3) is 0 Å². The average molecular weight is 569 g/mol. The van der Waals surface area contributed by atoms with E-state index in [1.54, 1.807) is 20.1 Å². The molecule has 2 aliphatic heterocycles. The van der Waals surface area contributed by atoms with Crippen molar-refractivity contribution >= 4 is 29.3 Å². The van der Waals surface area contributed by atoms with Gasteiger partial charge in [-0.25, -0.2) is 4.79 Å². The molecule has 3 rings (SSSR count). The second kappa shape index (κ2) is 13.8. The summed E-state index contributed by atoms with van der Waals surface area (Å²) in [5.74, 6) is -0.252. The minimum Gasteiger partial charge on any atom is -0.396 e. The van der Waals surface area contributed by atoms with Gasteiger partial charge in [0.15, 0.2) is 5.76 Å². The first-order chi connectivity index (χ1) is 17.6. The predicted octanol–water partition coefficient (Wildman–Crippen LogP) is 1.54. The average Bonchev–Trinajstić information content (AvgIpc) is 3.04. The second-order valence-electron chi connectivity index (χ2n) is 9.87. The summed E-state index contributed by atoms with van der Waals surface area (Å²) in [6, 6.07) is -1.50. The minimum absolute atomic E-state index is 0.175. The molecule has 3 heterocycles. The van der Waals surface area contributed by atoms with Crippen LogP contribution in [0.1, 0.15) is 50.5 Å². The van der Waals surface area contributed by atoms with Crippen molar-refractivity contribution in [3.05, 3.63) is 22.1 Å². The number of nitrogens with one attached hydrogen (secondary N) is 1. The third-order valence-electron chi connectivity index (χ3n) is 7.34. The lowest BCUT2D eigenvalue weighted by molar-refractivity contribution is -0.205. The monoisotopic (exact) mass is 568 g/mol. The van der Waals surface area contributed by atoms with E-state index in [2.05, 4.69) is 5.32 Å². The van der Waals surface area contributed by atoms with Crippen LogP contribution in [0.15, 0.2) is 13.6 Å². The highest BCUT2D eigenvalue weighted by Crippen LogP contribution is 2.31.